The number of ether oxygens (including phenoxy) is 1. The Morgan fingerprint density at radius 2 is 1.88 bits per heavy atom. The summed E-state index contributed by atoms with van der Waals surface area (Å²) in [6.07, 6.45) is 0. The summed E-state index contributed by atoms with van der Waals surface area (Å²) in [4.78, 5) is 25.8. The first kappa shape index (κ1) is 20.0. The summed E-state index contributed by atoms with van der Waals surface area (Å²) in [5.74, 6) is 0.431. The van der Waals surface area contributed by atoms with Gasteiger partial charge in [-0.1, -0.05) is 32.9 Å². The van der Waals surface area contributed by atoms with Gasteiger partial charge in [0.2, 0.25) is 11.8 Å². The normalized spacial score (nSPS) is 12.6. The lowest BCUT2D eigenvalue weighted by Crippen LogP contribution is -2.43. The van der Waals surface area contributed by atoms with E-state index in [1.165, 1.54) is 0 Å². The first-order chi connectivity index (χ1) is 11.1. The lowest BCUT2D eigenvalue weighted by atomic mass is 9.96. The minimum Gasteiger partial charge on any atom is -0.497 e. The van der Waals surface area contributed by atoms with Crippen LogP contribution in [-0.4, -0.2) is 51.0 Å². The molecule has 1 rings (SSSR count). The van der Waals surface area contributed by atoms with Crippen molar-refractivity contribution >= 4 is 11.8 Å². The molecule has 1 atom stereocenters. The van der Waals surface area contributed by atoms with Gasteiger partial charge >= 0.3 is 0 Å². The van der Waals surface area contributed by atoms with Gasteiger partial charge in [0.05, 0.1) is 19.7 Å². The van der Waals surface area contributed by atoms with E-state index in [1.54, 1.807) is 7.11 Å². The summed E-state index contributed by atoms with van der Waals surface area (Å²) in [7, 11) is 5.54. The summed E-state index contributed by atoms with van der Waals surface area (Å²) in [5.41, 5.74) is 0.547. The van der Waals surface area contributed by atoms with Crippen LogP contribution in [0.15, 0.2) is 24.3 Å². The van der Waals surface area contributed by atoms with Crippen molar-refractivity contribution in [2.45, 2.75) is 26.8 Å². The highest BCUT2D eigenvalue weighted by molar-refractivity contribution is 5.87. The zero-order chi connectivity index (χ0) is 18.3. The molecule has 1 aromatic rings. The number of nitrogens with zero attached hydrogens (tertiary/aromatic N) is 1. The van der Waals surface area contributed by atoms with Crippen LogP contribution in [0.25, 0.3) is 0 Å². The van der Waals surface area contributed by atoms with Crippen molar-refractivity contribution in [1.82, 2.24) is 15.5 Å². The monoisotopic (exact) mass is 335 g/mol. The van der Waals surface area contributed by atoms with Gasteiger partial charge in [0, 0.05) is 12.0 Å². The standard InChI is InChI=1S/C18H29N3O3/c1-18(2,3)17(23)20-12-16(22)19-11-15(21(4)5)13-8-7-9-14(10-13)24-6/h7-10,15H,11-12H2,1-6H3,(H,19,22)(H,20,23). The van der Waals surface area contributed by atoms with Gasteiger partial charge in [-0.2, -0.15) is 0 Å². The van der Waals surface area contributed by atoms with Crippen LogP contribution in [0.3, 0.4) is 0 Å². The summed E-state index contributed by atoms with van der Waals surface area (Å²) >= 11 is 0. The maximum atomic E-state index is 12.0. The molecule has 0 aliphatic rings. The molecule has 134 valence electrons. The zero-order valence-electron chi connectivity index (χ0n) is 15.5. The van der Waals surface area contributed by atoms with Gasteiger partial charge in [0.25, 0.3) is 0 Å². The highest BCUT2D eigenvalue weighted by Crippen LogP contribution is 2.22. The van der Waals surface area contributed by atoms with E-state index in [2.05, 4.69) is 10.6 Å². The molecular weight excluding hydrogens is 306 g/mol. The molecule has 1 unspecified atom stereocenters. The van der Waals surface area contributed by atoms with Crippen LogP contribution in [0.2, 0.25) is 0 Å². The quantitative estimate of drug-likeness (QED) is 0.794. The second-order valence-corrected chi connectivity index (χ2v) is 6.99. The second-order valence-electron chi connectivity index (χ2n) is 6.99. The molecule has 0 saturated carbocycles. The Hall–Kier alpha value is -2.08. The number of amides is 2. The van der Waals surface area contributed by atoms with E-state index in [0.29, 0.717) is 6.54 Å². The molecular formula is C18H29N3O3. The van der Waals surface area contributed by atoms with Crippen molar-refractivity contribution in [3.63, 3.8) is 0 Å². The molecule has 6 nitrogen and oxygen atoms in total. The van der Waals surface area contributed by atoms with Crippen LogP contribution < -0.4 is 15.4 Å². The Morgan fingerprint density at radius 1 is 1.21 bits per heavy atom. The molecule has 0 saturated heterocycles. The molecule has 0 aliphatic heterocycles. The molecule has 1 aromatic carbocycles. The second kappa shape index (κ2) is 8.68. The lowest BCUT2D eigenvalue weighted by molar-refractivity contribution is -0.131. The van der Waals surface area contributed by atoms with E-state index in [9.17, 15) is 9.59 Å². The minimum absolute atomic E-state index is 0.0161. The van der Waals surface area contributed by atoms with Gasteiger partial charge in [-0.05, 0) is 31.8 Å². The van der Waals surface area contributed by atoms with Crippen LogP contribution in [-0.2, 0) is 9.59 Å². The van der Waals surface area contributed by atoms with Gasteiger partial charge in [-0.15, -0.1) is 0 Å². The highest BCUT2D eigenvalue weighted by Gasteiger charge is 2.22. The fourth-order valence-corrected chi connectivity index (χ4v) is 2.15. The van der Waals surface area contributed by atoms with Crippen LogP contribution in [0.4, 0.5) is 0 Å². The van der Waals surface area contributed by atoms with E-state index >= 15 is 0 Å². The van der Waals surface area contributed by atoms with Crippen LogP contribution in [0, 0.1) is 5.41 Å². The van der Waals surface area contributed by atoms with E-state index < -0.39 is 5.41 Å². The third-order valence-corrected chi connectivity index (χ3v) is 3.69. The average molecular weight is 335 g/mol. The highest BCUT2D eigenvalue weighted by atomic mass is 16.5. The number of hydrogen-bond acceptors (Lipinski definition) is 4. The van der Waals surface area contributed by atoms with Crippen molar-refractivity contribution in [1.29, 1.82) is 0 Å². The predicted octanol–water partition coefficient (Wildman–Crippen LogP) is 1.58. The molecule has 0 heterocycles. The van der Waals surface area contributed by atoms with Gasteiger partial charge in [0.15, 0.2) is 0 Å². The largest absolute Gasteiger partial charge is 0.497 e. The molecule has 0 spiro atoms. The molecule has 0 bridgehead atoms. The lowest BCUT2D eigenvalue weighted by Gasteiger charge is -2.25. The third kappa shape index (κ3) is 6.20. The number of carbonyl (C=O) groups is 2. The number of methoxy groups -OCH3 is 1. The summed E-state index contributed by atoms with van der Waals surface area (Å²) < 4.78 is 5.25. The molecule has 0 aliphatic carbocycles. The smallest absolute Gasteiger partial charge is 0.239 e. The van der Waals surface area contributed by atoms with Gasteiger partial charge in [-0.25, -0.2) is 0 Å². The summed E-state index contributed by atoms with van der Waals surface area (Å²) in [5, 5.41) is 5.52. The van der Waals surface area contributed by atoms with E-state index in [0.717, 1.165) is 11.3 Å². The van der Waals surface area contributed by atoms with Crippen molar-refractivity contribution in [2.75, 3.05) is 34.3 Å². The number of hydrogen-bond donors (Lipinski definition) is 2. The van der Waals surface area contributed by atoms with Crippen LogP contribution in [0.1, 0.15) is 32.4 Å². The number of rotatable bonds is 7. The molecule has 0 fully saturated rings. The van der Waals surface area contributed by atoms with Gasteiger partial charge in [0.1, 0.15) is 5.75 Å². The summed E-state index contributed by atoms with van der Waals surface area (Å²) in [6, 6.07) is 7.79. The molecule has 6 heteroatoms. The van der Waals surface area contributed by atoms with Crippen molar-refractivity contribution in [3.05, 3.63) is 29.8 Å². The molecule has 2 N–H and O–H groups in total. The van der Waals surface area contributed by atoms with Crippen molar-refractivity contribution < 1.29 is 14.3 Å². The van der Waals surface area contributed by atoms with Gasteiger partial charge < -0.3 is 20.3 Å². The molecule has 24 heavy (non-hydrogen) atoms. The minimum atomic E-state index is -0.507. The van der Waals surface area contributed by atoms with Gasteiger partial charge in [-0.3, -0.25) is 9.59 Å². The van der Waals surface area contributed by atoms with E-state index in [-0.39, 0.29) is 24.4 Å². The van der Waals surface area contributed by atoms with Crippen LogP contribution in [0.5, 0.6) is 5.75 Å². The first-order valence-corrected chi connectivity index (χ1v) is 8.00. The fourth-order valence-electron chi connectivity index (χ4n) is 2.15. The maximum absolute atomic E-state index is 12.0. The number of likely N-dealkylation sites (N-methyl/N-ethyl adjacent to an activating group) is 1. The molecule has 0 aromatic heterocycles. The topological polar surface area (TPSA) is 70.7 Å². The Labute approximate surface area is 144 Å². The zero-order valence-corrected chi connectivity index (χ0v) is 15.5. The Morgan fingerprint density at radius 3 is 2.42 bits per heavy atom. The van der Waals surface area contributed by atoms with E-state index in [1.807, 2.05) is 64.0 Å². The van der Waals surface area contributed by atoms with Crippen molar-refractivity contribution in [3.8, 4) is 5.75 Å². The van der Waals surface area contributed by atoms with Crippen molar-refractivity contribution in [2.24, 2.45) is 5.41 Å². The number of carbonyl (C=O) groups excluding carboxylic acids is 2. The third-order valence-electron chi connectivity index (χ3n) is 3.69. The van der Waals surface area contributed by atoms with E-state index in [4.69, 9.17) is 4.74 Å². The van der Waals surface area contributed by atoms with Crippen LogP contribution >= 0.6 is 0 Å². The average Bonchev–Trinajstić information content (AvgIpc) is 2.51. The number of nitrogens with one attached hydrogen (secondary N) is 2. The Balaban J connectivity index is 2.60. The Bertz CT molecular complexity index is 565. The molecule has 0 radical (unpaired) electrons. The maximum Gasteiger partial charge on any atom is 0.239 e. The Kier molecular flexibility index (Phi) is 7.22. The first-order valence-electron chi connectivity index (χ1n) is 8.00. The summed E-state index contributed by atoms with van der Waals surface area (Å²) in [6.45, 7) is 5.86. The SMILES string of the molecule is COc1cccc(C(CNC(=O)CNC(=O)C(C)(C)C)N(C)C)c1. The number of benzene rings is 1. The predicted molar refractivity (Wildman–Crippen MR) is 94.9 cm³/mol. The molecule has 2 amide bonds. The fraction of sp³-hybridized carbons (Fsp3) is 0.556.